The Balaban J connectivity index is 1.69. The summed E-state index contributed by atoms with van der Waals surface area (Å²) in [4.78, 5) is 16.1. The lowest BCUT2D eigenvalue weighted by molar-refractivity contribution is -0.121. The van der Waals surface area contributed by atoms with Crippen LogP contribution >= 0.6 is 11.3 Å². The van der Waals surface area contributed by atoms with E-state index >= 15 is 0 Å². The Morgan fingerprint density at radius 3 is 3.00 bits per heavy atom. The molecule has 2 heterocycles. The minimum absolute atomic E-state index is 0.0253. The quantitative estimate of drug-likeness (QED) is 0.906. The lowest BCUT2D eigenvalue weighted by Crippen LogP contribution is -2.31. The second kappa shape index (κ2) is 4.43. The van der Waals surface area contributed by atoms with Gasteiger partial charge in [-0.15, -0.1) is 0 Å². The summed E-state index contributed by atoms with van der Waals surface area (Å²) in [7, 11) is 0. The molecule has 3 rings (SSSR count). The lowest BCUT2D eigenvalue weighted by atomic mass is 10.0. The second-order valence-corrected chi connectivity index (χ2v) is 5.17. The van der Waals surface area contributed by atoms with Gasteiger partial charge in [0.1, 0.15) is 0 Å². The zero-order valence-electron chi connectivity index (χ0n) is 9.18. The first-order valence-electron chi connectivity index (χ1n) is 5.54. The average Bonchev–Trinajstić information content (AvgIpc) is 2.65. The summed E-state index contributed by atoms with van der Waals surface area (Å²) in [5.74, 6) is 0.404. The Bertz CT molecular complexity index is 515. The molecular formula is C12H12N2O2S. The number of hydrogen-bond acceptors (Lipinski definition) is 4. The Hall–Kier alpha value is -1.46. The van der Waals surface area contributed by atoms with E-state index in [0.29, 0.717) is 30.7 Å². The third-order valence-corrected chi connectivity index (χ3v) is 3.67. The first kappa shape index (κ1) is 10.7. The van der Waals surface area contributed by atoms with Crippen LogP contribution in [0.1, 0.15) is 6.42 Å². The monoisotopic (exact) mass is 248 g/mol. The van der Waals surface area contributed by atoms with E-state index < -0.39 is 0 Å². The van der Waals surface area contributed by atoms with Gasteiger partial charge in [0.25, 0.3) is 0 Å². The third kappa shape index (κ3) is 2.30. The van der Waals surface area contributed by atoms with Gasteiger partial charge in [0, 0.05) is 12.3 Å². The molecule has 1 aromatic carbocycles. The first-order valence-corrected chi connectivity index (χ1v) is 6.36. The molecule has 1 aliphatic heterocycles. The van der Waals surface area contributed by atoms with Gasteiger partial charge in [-0.3, -0.25) is 4.79 Å². The molecule has 1 N–H and O–H groups in total. The molecule has 0 atom stereocenters. The zero-order chi connectivity index (χ0) is 11.7. The number of thiazole rings is 1. The summed E-state index contributed by atoms with van der Waals surface area (Å²) in [6.07, 6.45) is 0.524. The number of benzene rings is 1. The van der Waals surface area contributed by atoms with Crippen LogP contribution < -0.4 is 5.32 Å². The predicted octanol–water partition coefficient (Wildman–Crippen LogP) is 2.27. The summed E-state index contributed by atoms with van der Waals surface area (Å²) < 4.78 is 6.13. The van der Waals surface area contributed by atoms with Gasteiger partial charge in [0.2, 0.25) is 5.91 Å². The maximum Gasteiger partial charge on any atom is 0.226 e. The molecule has 1 aromatic heterocycles. The van der Waals surface area contributed by atoms with E-state index in [1.807, 2.05) is 24.3 Å². The molecule has 2 aromatic rings. The molecule has 1 fully saturated rings. The van der Waals surface area contributed by atoms with Gasteiger partial charge in [-0.2, -0.15) is 0 Å². The van der Waals surface area contributed by atoms with E-state index in [9.17, 15) is 4.79 Å². The van der Waals surface area contributed by atoms with Crippen molar-refractivity contribution in [1.29, 1.82) is 0 Å². The largest absolute Gasteiger partial charge is 0.381 e. The van der Waals surface area contributed by atoms with E-state index in [4.69, 9.17) is 4.74 Å². The van der Waals surface area contributed by atoms with Crippen LogP contribution in [0.5, 0.6) is 0 Å². The molecular weight excluding hydrogens is 236 g/mol. The minimum Gasteiger partial charge on any atom is -0.381 e. The summed E-state index contributed by atoms with van der Waals surface area (Å²) in [5.41, 5.74) is 0.930. The van der Waals surface area contributed by atoms with Gasteiger partial charge >= 0.3 is 0 Å². The summed E-state index contributed by atoms with van der Waals surface area (Å²) >= 11 is 1.50. The van der Waals surface area contributed by atoms with Crippen molar-refractivity contribution < 1.29 is 9.53 Å². The van der Waals surface area contributed by atoms with Crippen LogP contribution in [0.15, 0.2) is 24.3 Å². The van der Waals surface area contributed by atoms with Crippen molar-refractivity contribution in [3.8, 4) is 0 Å². The summed E-state index contributed by atoms with van der Waals surface area (Å²) in [5, 5.41) is 3.52. The first-order chi connectivity index (χ1) is 8.31. The number of carbonyl (C=O) groups excluding carboxylic acids is 1. The smallest absolute Gasteiger partial charge is 0.226 e. The van der Waals surface area contributed by atoms with Crippen molar-refractivity contribution in [2.45, 2.75) is 6.42 Å². The number of carbonyl (C=O) groups is 1. The van der Waals surface area contributed by atoms with Gasteiger partial charge in [0.05, 0.1) is 23.4 Å². The van der Waals surface area contributed by atoms with Crippen molar-refractivity contribution in [3.05, 3.63) is 24.3 Å². The van der Waals surface area contributed by atoms with Crippen LogP contribution in [0.3, 0.4) is 0 Å². The highest BCUT2D eigenvalue weighted by atomic mass is 32.1. The average molecular weight is 248 g/mol. The van der Waals surface area contributed by atoms with Gasteiger partial charge < -0.3 is 10.1 Å². The van der Waals surface area contributed by atoms with Gasteiger partial charge in [-0.1, -0.05) is 23.5 Å². The van der Waals surface area contributed by atoms with E-state index in [1.165, 1.54) is 11.3 Å². The van der Waals surface area contributed by atoms with Gasteiger partial charge in [0.15, 0.2) is 5.13 Å². The molecule has 0 unspecified atom stereocenters. The van der Waals surface area contributed by atoms with Crippen LogP contribution in [0.4, 0.5) is 5.13 Å². The van der Waals surface area contributed by atoms with Crippen molar-refractivity contribution in [2.24, 2.45) is 5.92 Å². The fourth-order valence-electron chi connectivity index (χ4n) is 1.76. The van der Waals surface area contributed by atoms with Crippen LogP contribution in [0.25, 0.3) is 10.2 Å². The van der Waals surface area contributed by atoms with Crippen LogP contribution in [-0.4, -0.2) is 24.1 Å². The fourth-order valence-corrected chi connectivity index (χ4v) is 2.64. The Kier molecular flexibility index (Phi) is 2.78. The van der Waals surface area contributed by atoms with Crippen molar-refractivity contribution in [1.82, 2.24) is 4.98 Å². The van der Waals surface area contributed by atoms with Gasteiger partial charge in [-0.05, 0) is 12.1 Å². The second-order valence-electron chi connectivity index (χ2n) is 4.14. The van der Waals surface area contributed by atoms with Gasteiger partial charge in [-0.25, -0.2) is 4.98 Å². The molecule has 0 radical (unpaired) electrons. The topological polar surface area (TPSA) is 51.2 Å². The maximum absolute atomic E-state index is 11.7. The molecule has 0 spiro atoms. The highest BCUT2D eigenvalue weighted by Crippen LogP contribution is 2.25. The summed E-state index contributed by atoms with van der Waals surface area (Å²) in [6, 6.07) is 7.86. The molecule has 5 heteroatoms. The molecule has 17 heavy (non-hydrogen) atoms. The molecule has 0 bridgehead atoms. The standard InChI is InChI=1S/C12H12N2O2S/c15-11(5-8-6-16-7-8)14-12-13-9-3-1-2-4-10(9)17-12/h1-4,8H,5-7H2,(H,13,14,15). The lowest BCUT2D eigenvalue weighted by Gasteiger charge is -2.24. The number of anilines is 1. The Morgan fingerprint density at radius 1 is 1.47 bits per heavy atom. The van der Waals surface area contributed by atoms with Crippen molar-refractivity contribution >= 4 is 32.6 Å². The zero-order valence-corrected chi connectivity index (χ0v) is 10.00. The molecule has 0 aliphatic carbocycles. The molecule has 88 valence electrons. The van der Waals surface area contributed by atoms with E-state index in [2.05, 4.69) is 10.3 Å². The molecule has 1 aliphatic rings. The molecule has 0 saturated carbocycles. The SMILES string of the molecule is O=C(CC1COC1)Nc1nc2ccccc2s1. The number of ether oxygens (including phenoxy) is 1. The van der Waals surface area contributed by atoms with Crippen LogP contribution in [0.2, 0.25) is 0 Å². The van der Waals surface area contributed by atoms with E-state index in [0.717, 1.165) is 10.2 Å². The number of para-hydroxylation sites is 1. The number of amides is 1. The van der Waals surface area contributed by atoms with Crippen LogP contribution in [0, 0.1) is 5.92 Å². The Morgan fingerprint density at radius 2 is 2.29 bits per heavy atom. The van der Waals surface area contributed by atoms with Crippen molar-refractivity contribution in [3.63, 3.8) is 0 Å². The number of nitrogens with zero attached hydrogens (tertiary/aromatic N) is 1. The van der Waals surface area contributed by atoms with E-state index in [1.54, 1.807) is 0 Å². The molecule has 4 nitrogen and oxygen atoms in total. The number of aromatic nitrogens is 1. The molecule has 1 amide bonds. The highest BCUT2D eigenvalue weighted by molar-refractivity contribution is 7.22. The summed E-state index contributed by atoms with van der Waals surface area (Å²) in [6.45, 7) is 1.40. The van der Waals surface area contributed by atoms with Crippen molar-refractivity contribution in [2.75, 3.05) is 18.5 Å². The maximum atomic E-state index is 11.7. The number of fused-ring (bicyclic) bond motifs is 1. The third-order valence-electron chi connectivity index (χ3n) is 2.72. The normalized spacial score (nSPS) is 15.8. The highest BCUT2D eigenvalue weighted by Gasteiger charge is 2.22. The Labute approximate surface area is 103 Å². The van der Waals surface area contributed by atoms with E-state index in [-0.39, 0.29) is 5.91 Å². The van der Waals surface area contributed by atoms with Crippen LogP contribution in [-0.2, 0) is 9.53 Å². The number of nitrogens with one attached hydrogen (secondary N) is 1. The number of rotatable bonds is 3. The number of hydrogen-bond donors (Lipinski definition) is 1. The molecule has 1 saturated heterocycles. The minimum atomic E-state index is 0.0253. The predicted molar refractivity (Wildman–Crippen MR) is 67.2 cm³/mol. The fraction of sp³-hybridized carbons (Fsp3) is 0.333.